The van der Waals surface area contributed by atoms with Crippen molar-refractivity contribution < 1.29 is 14.6 Å². The van der Waals surface area contributed by atoms with Crippen LogP contribution in [-0.4, -0.2) is 95.9 Å². The van der Waals surface area contributed by atoms with Crippen LogP contribution in [0.3, 0.4) is 0 Å². The Morgan fingerprint density at radius 2 is 1.81 bits per heavy atom. The molecule has 0 aliphatic carbocycles. The van der Waals surface area contributed by atoms with Gasteiger partial charge in [-0.05, 0) is 32.8 Å². The maximum atomic E-state index is 12.8. The topological polar surface area (TPSA) is 82.0 Å². The fourth-order valence-corrected chi connectivity index (χ4v) is 3.95. The number of aryl methyl sites for hydroxylation is 2. The third kappa shape index (κ3) is 4.75. The monoisotopic (exact) mass is 377 g/mol. The Hall–Kier alpha value is -1.77. The normalized spacial score (nSPS) is 24.5. The number of amides is 1. The van der Waals surface area contributed by atoms with Crippen LogP contribution in [0.25, 0.3) is 0 Å². The van der Waals surface area contributed by atoms with Gasteiger partial charge in [0.15, 0.2) is 5.60 Å². The molecule has 2 aliphatic rings. The highest BCUT2D eigenvalue weighted by Gasteiger charge is 2.43. The van der Waals surface area contributed by atoms with Crippen LogP contribution in [0.2, 0.25) is 0 Å². The van der Waals surface area contributed by atoms with Crippen LogP contribution in [0, 0.1) is 13.8 Å². The van der Waals surface area contributed by atoms with Crippen LogP contribution >= 0.6 is 0 Å². The number of methoxy groups -OCH3 is 1. The van der Waals surface area contributed by atoms with Crippen molar-refractivity contribution in [3.8, 4) is 0 Å². The summed E-state index contributed by atoms with van der Waals surface area (Å²) in [7, 11) is 1.62. The van der Waals surface area contributed by atoms with Crippen LogP contribution < -0.4 is 4.90 Å². The van der Waals surface area contributed by atoms with E-state index in [1.54, 1.807) is 12.0 Å². The molecule has 0 aromatic carbocycles. The van der Waals surface area contributed by atoms with E-state index in [0.717, 1.165) is 49.9 Å². The third-order valence-electron chi connectivity index (χ3n) is 5.38. The van der Waals surface area contributed by atoms with Gasteiger partial charge in [0.25, 0.3) is 5.91 Å². The molecule has 3 rings (SSSR count). The summed E-state index contributed by atoms with van der Waals surface area (Å²) < 4.78 is 5.08. The van der Waals surface area contributed by atoms with Crippen LogP contribution in [0.15, 0.2) is 6.07 Å². The molecule has 0 saturated carbocycles. The Labute approximate surface area is 161 Å². The zero-order valence-electron chi connectivity index (χ0n) is 16.6. The zero-order chi connectivity index (χ0) is 19.4. The number of likely N-dealkylation sites (tertiary alicyclic amines) is 1. The molecule has 150 valence electrons. The first-order valence-corrected chi connectivity index (χ1v) is 9.71. The lowest BCUT2D eigenvalue weighted by molar-refractivity contribution is -0.160. The number of rotatable bonds is 6. The molecule has 8 nitrogen and oxygen atoms in total. The number of aliphatic hydroxyl groups is 1. The molecule has 3 heterocycles. The molecule has 1 unspecified atom stereocenters. The van der Waals surface area contributed by atoms with E-state index < -0.39 is 5.60 Å². The molecule has 1 N–H and O–H groups in total. The lowest BCUT2D eigenvalue weighted by Crippen LogP contribution is -2.61. The Balaban J connectivity index is 1.57. The number of ether oxygens (including phenoxy) is 1. The lowest BCUT2D eigenvalue weighted by Gasteiger charge is -2.43. The van der Waals surface area contributed by atoms with Gasteiger partial charge in [0, 0.05) is 64.3 Å². The van der Waals surface area contributed by atoms with E-state index in [4.69, 9.17) is 4.74 Å². The van der Waals surface area contributed by atoms with E-state index in [-0.39, 0.29) is 5.91 Å². The van der Waals surface area contributed by atoms with Crippen LogP contribution in [-0.2, 0) is 9.53 Å². The fraction of sp³-hybridized carbons (Fsp3) is 0.737. The van der Waals surface area contributed by atoms with Crippen LogP contribution in [0.5, 0.6) is 0 Å². The van der Waals surface area contributed by atoms with Crippen molar-refractivity contribution in [1.29, 1.82) is 0 Å². The number of aromatic nitrogens is 2. The highest BCUT2D eigenvalue weighted by molar-refractivity contribution is 5.86. The molecule has 2 saturated heterocycles. The summed E-state index contributed by atoms with van der Waals surface area (Å²) in [6.07, 6.45) is 1.35. The third-order valence-corrected chi connectivity index (χ3v) is 5.38. The number of nitrogens with zero attached hydrogens (tertiary/aromatic N) is 5. The molecule has 2 fully saturated rings. The maximum Gasteiger partial charge on any atom is 0.255 e. The molecule has 0 radical (unpaired) electrons. The van der Waals surface area contributed by atoms with E-state index in [1.165, 1.54) is 0 Å². The average Bonchev–Trinajstić information content (AvgIpc) is 2.63. The molecular formula is C19H31N5O3. The number of hydrogen-bond donors (Lipinski definition) is 1. The molecule has 1 amide bonds. The number of carbonyl (C=O) groups is 1. The number of piperazine rings is 1. The first-order chi connectivity index (χ1) is 12.9. The van der Waals surface area contributed by atoms with Crippen molar-refractivity contribution in [3.63, 3.8) is 0 Å². The maximum absolute atomic E-state index is 12.8. The summed E-state index contributed by atoms with van der Waals surface area (Å²) in [4.78, 5) is 27.9. The number of piperidine rings is 1. The first-order valence-electron chi connectivity index (χ1n) is 9.71. The van der Waals surface area contributed by atoms with E-state index in [9.17, 15) is 9.90 Å². The largest absolute Gasteiger partial charge is 0.383 e. The summed E-state index contributed by atoms with van der Waals surface area (Å²) in [6.45, 7) is 9.22. The van der Waals surface area contributed by atoms with Gasteiger partial charge in [-0.25, -0.2) is 9.97 Å². The van der Waals surface area contributed by atoms with Crippen LogP contribution in [0.1, 0.15) is 24.2 Å². The summed E-state index contributed by atoms with van der Waals surface area (Å²) in [5.74, 6) is 0.608. The van der Waals surface area contributed by atoms with Gasteiger partial charge >= 0.3 is 0 Å². The minimum absolute atomic E-state index is 0.161. The molecule has 2 aliphatic heterocycles. The van der Waals surface area contributed by atoms with Gasteiger partial charge in [-0.2, -0.15) is 0 Å². The van der Waals surface area contributed by atoms with Crippen molar-refractivity contribution in [2.45, 2.75) is 32.3 Å². The molecule has 0 spiro atoms. The second kappa shape index (κ2) is 8.50. The highest BCUT2D eigenvalue weighted by Crippen LogP contribution is 2.25. The standard InChI is InChI=1S/C19H31N5O3/c1-15-13-16(2)21-18(20-15)24-9-7-22(8-10-24)14-19(26)5-4-6-23(17(19)25)11-12-27-3/h13,26H,4-12,14H2,1-3H3. The molecule has 27 heavy (non-hydrogen) atoms. The smallest absolute Gasteiger partial charge is 0.255 e. The van der Waals surface area contributed by atoms with Gasteiger partial charge in [-0.15, -0.1) is 0 Å². The molecule has 1 aromatic rings. The van der Waals surface area contributed by atoms with Gasteiger partial charge in [-0.1, -0.05) is 0 Å². The summed E-state index contributed by atoms with van der Waals surface area (Å²) in [5.41, 5.74) is 0.654. The van der Waals surface area contributed by atoms with Gasteiger partial charge in [0.2, 0.25) is 5.95 Å². The van der Waals surface area contributed by atoms with Crippen molar-refractivity contribution in [3.05, 3.63) is 17.5 Å². The second-order valence-corrected chi connectivity index (χ2v) is 7.63. The molecule has 8 heteroatoms. The Morgan fingerprint density at radius 3 is 2.44 bits per heavy atom. The number of hydrogen-bond acceptors (Lipinski definition) is 7. The summed E-state index contributed by atoms with van der Waals surface area (Å²) >= 11 is 0. The predicted octanol–water partition coefficient (Wildman–Crippen LogP) is 0.215. The SMILES string of the molecule is COCCN1CCCC(O)(CN2CCN(c3nc(C)cc(C)n3)CC2)C1=O. The molecule has 0 bridgehead atoms. The predicted molar refractivity (Wildman–Crippen MR) is 103 cm³/mol. The van der Waals surface area contributed by atoms with Crippen LogP contribution in [0.4, 0.5) is 5.95 Å². The van der Waals surface area contributed by atoms with Gasteiger partial charge in [0.05, 0.1) is 6.61 Å². The number of β-amino-alcohol motifs (C(OH)–C–C–N with tert-alkyl or cyclic N) is 1. The van der Waals surface area contributed by atoms with Crippen molar-refractivity contribution in [1.82, 2.24) is 19.8 Å². The quantitative estimate of drug-likeness (QED) is 0.759. The lowest BCUT2D eigenvalue weighted by atomic mass is 9.91. The Kier molecular flexibility index (Phi) is 6.29. The van der Waals surface area contributed by atoms with E-state index in [0.29, 0.717) is 32.7 Å². The molecular weight excluding hydrogens is 346 g/mol. The van der Waals surface area contributed by atoms with Gasteiger partial charge in [0.1, 0.15) is 0 Å². The molecule has 1 atom stereocenters. The summed E-state index contributed by atoms with van der Waals surface area (Å²) in [5, 5.41) is 11.0. The fourth-order valence-electron chi connectivity index (χ4n) is 3.95. The Bertz CT molecular complexity index is 642. The zero-order valence-corrected chi connectivity index (χ0v) is 16.6. The minimum atomic E-state index is -1.29. The molecule has 1 aromatic heterocycles. The van der Waals surface area contributed by atoms with E-state index in [2.05, 4.69) is 19.8 Å². The number of carbonyl (C=O) groups excluding carboxylic acids is 1. The Morgan fingerprint density at radius 1 is 1.15 bits per heavy atom. The number of anilines is 1. The van der Waals surface area contributed by atoms with Crippen molar-refractivity contribution in [2.75, 3.05) is 64.4 Å². The van der Waals surface area contributed by atoms with Gasteiger partial charge in [-0.3, -0.25) is 9.69 Å². The highest BCUT2D eigenvalue weighted by atomic mass is 16.5. The summed E-state index contributed by atoms with van der Waals surface area (Å²) in [6, 6.07) is 1.97. The average molecular weight is 377 g/mol. The second-order valence-electron chi connectivity index (χ2n) is 7.63. The first kappa shape index (κ1) is 20.0. The minimum Gasteiger partial charge on any atom is -0.383 e. The van der Waals surface area contributed by atoms with Gasteiger partial charge < -0.3 is 19.6 Å². The van der Waals surface area contributed by atoms with E-state index >= 15 is 0 Å². The van der Waals surface area contributed by atoms with Crippen molar-refractivity contribution in [2.24, 2.45) is 0 Å². The van der Waals surface area contributed by atoms with Crippen molar-refractivity contribution >= 4 is 11.9 Å². The van der Waals surface area contributed by atoms with E-state index in [1.807, 2.05) is 19.9 Å².